The molecule has 2 N–H and O–H groups in total. The number of fused-ring (bicyclic) bond motifs is 1. The second kappa shape index (κ2) is 12.8. The topological polar surface area (TPSA) is 99.5 Å². The van der Waals surface area contributed by atoms with E-state index in [9.17, 15) is 10.1 Å². The van der Waals surface area contributed by atoms with E-state index < -0.39 is 0 Å². The van der Waals surface area contributed by atoms with Gasteiger partial charge in [0.1, 0.15) is 24.2 Å². The summed E-state index contributed by atoms with van der Waals surface area (Å²) in [7, 11) is 5.35. The third-order valence-electron chi connectivity index (χ3n) is 5.75. The van der Waals surface area contributed by atoms with E-state index in [0.29, 0.717) is 63.2 Å². The number of likely N-dealkylation sites (N-methyl/N-ethyl adjacent to an activating group) is 1. The molecule has 0 fully saturated rings. The van der Waals surface area contributed by atoms with E-state index in [0.717, 1.165) is 5.56 Å². The molecule has 0 aliphatic rings. The molecule has 0 saturated heterocycles. The Hall–Kier alpha value is -4.58. The summed E-state index contributed by atoms with van der Waals surface area (Å²) in [6.45, 7) is 1.02. The number of nitrogens with one attached hydrogen (secondary N) is 2. The van der Waals surface area contributed by atoms with Gasteiger partial charge in [-0.05, 0) is 43.9 Å². The van der Waals surface area contributed by atoms with Gasteiger partial charge in [-0.15, -0.1) is 0 Å². The van der Waals surface area contributed by atoms with Gasteiger partial charge < -0.3 is 25.0 Å². The van der Waals surface area contributed by atoms with E-state index >= 15 is 0 Å². The minimum atomic E-state index is -0.300. The lowest BCUT2D eigenvalue weighted by molar-refractivity contribution is -0.111. The van der Waals surface area contributed by atoms with Gasteiger partial charge in [-0.2, -0.15) is 5.26 Å². The van der Waals surface area contributed by atoms with Crippen molar-refractivity contribution in [3.63, 3.8) is 0 Å². The number of nitrogens with zero attached hydrogens (tertiary/aromatic N) is 3. The molecule has 4 rings (SSSR count). The summed E-state index contributed by atoms with van der Waals surface area (Å²) in [6.07, 6.45) is 4.73. The Morgan fingerprint density at radius 2 is 1.92 bits per heavy atom. The Morgan fingerprint density at radius 3 is 2.62 bits per heavy atom. The smallest absolute Gasteiger partial charge is 0.248 e. The first-order valence-electron chi connectivity index (χ1n) is 12.1. The number of anilines is 3. The van der Waals surface area contributed by atoms with Crippen LogP contribution in [0.25, 0.3) is 10.9 Å². The normalized spacial score (nSPS) is 11.0. The van der Waals surface area contributed by atoms with Crippen molar-refractivity contribution in [2.24, 2.45) is 0 Å². The first-order chi connectivity index (χ1) is 18.9. The lowest BCUT2D eigenvalue weighted by atomic mass is 10.1. The van der Waals surface area contributed by atoms with Crippen molar-refractivity contribution >= 4 is 45.5 Å². The molecule has 0 aliphatic carbocycles. The maximum absolute atomic E-state index is 12.5. The third-order valence-corrected chi connectivity index (χ3v) is 6.04. The minimum absolute atomic E-state index is 0.300. The lowest BCUT2D eigenvalue weighted by Crippen LogP contribution is -2.13. The molecule has 8 nitrogen and oxygen atoms in total. The van der Waals surface area contributed by atoms with E-state index in [-0.39, 0.29) is 5.91 Å². The number of hydrogen-bond donors (Lipinski definition) is 2. The average molecular weight is 542 g/mol. The Kier molecular flexibility index (Phi) is 9.00. The number of hydrogen-bond acceptors (Lipinski definition) is 7. The Labute approximate surface area is 232 Å². The number of ether oxygens (including phenoxy) is 2. The largest absolute Gasteiger partial charge is 0.494 e. The van der Waals surface area contributed by atoms with Crippen molar-refractivity contribution in [3.05, 3.63) is 95.2 Å². The number of halogens is 1. The molecular weight excluding hydrogens is 514 g/mol. The van der Waals surface area contributed by atoms with Crippen LogP contribution < -0.4 is 20.1 Å². The lowest BCUT2D eigenvalue weighted by Gasteiger charge is -2.16. The predicted octanol–water partition coefficient (Wildman–Crippen LogP) is 6.15. The van der Waals surface area contributed by atoms with Crippen LogP contribution in [0.1, 0.15) is 11.1 Å². The molecule has 3 aromatic carbocycles. The van der Waals surface area contributed by atoms with Crippen molar-refractivity contribution in [1.29, 1.82) is 5.26 Å². The number of aromatic nitrogens is 1. The van der Waals surface area contributed by atoms with Crippen molar-refractivity contribution in [1.82, 2.24) is 9.88 Å². The highest BCUT2D eigenvalue weighted by Gasteiger charge is 2.15. The van der Waals surface area contributed by atoms with Gasteiger partial charge in [-0.3, -0.25) is 9.78 Å². The number of rotatable bonds is 10. The van der Waals surface area contributed by atoms with Crippen LogP contribution in [0.2, 0.25) is 5.02 Å². The van der Waals surface area contributed by atoms with Gasteiger partial charge in [0.25, 0.3) is 0 Å². The number of benzene rings is 3. The maximum Gasteiger partial charge on any atom is 0.248 e. The minimum Gasteiger partial charge on any atom is -0.494 e. The Balaban J connectivity index is 1.63. The fraction of sp³-hybridized carbons (Fsp3) is 0.167. The van der Waals surface area contributed by atoms with Gasteiger partial charge >= 0.3 is 0 Å². The van der Waals surface area contributed by atoms with E-state index in [1.807, 2.05) is 55.4 Å². The molecule has 4 aromatic rings. The molecule has 198 valence electrons. The molecule has 0 aliphatic heterocycles. The van der Waals surface area contributed by atoms with Crippen LogP contribution in [0, 0.1) is 11.3 Å². The van der Waals surface area contributed by atoms with E-state index in [1.54, 1.807) is 30.3 Å². The summed E-state index contributed by atoms with van der Waals surface area (Å²) < 4.78 is 11.4. The van der Waals surface area contributed by atoms with Crippen LogP contribution in [0.4, 0.5) is 17.1 Å². The van der Waals surface area contributed by atoms with Crippen LogP contribution in [0.15, 0.2) is 79.0 Å². The molecule has 0 unspecified atom stereocenters. The number of amides is 1. The number of carbonyl (C=O) groups is 1. The van der Waals surface area contributed by atoms with Gasteiger partial charge in [-0.25, -0.2) is 0 Å². The van der Waals surface area contributed by atoms with Crippen LogP contribution in [0.3, 0.4) is 0 Å². The van der Waals surface area contributed by atoms with Crippen molar-refractivity contribution in [3.8, 4) is 17.6 Å². The van der Waals surface area contributed by atoms with E-state index in [1.165, 1.54) is 19.4 Å². The standard InChI is InChI=1S/C30H28ClN5O3/c1-36(2)13-7-10-29(37)35-26-15-23-25(16-28(26)38-3)33-18-21(17-32)30(23)34-22-11-12-27(24(31)14-22)39-19-20-8-5-4-6-9-20/h4-12,14-16,18H,13,19H2,1-3H3,(H,33,34)(H,35,37)/b10-7+. The van der Waals surface area contributed by atoms with Gasteiger partial charge in [0.05, 0.1) is 34.6 Å². The van der Waals surface area contributed by atoms with Gasteiger partial charge in [0.2, 0.25) is 5.91 Å². The van der Waals surface area contributed by atoms with E-state index in [2.05, 4.69) is 21.7 Å². The molecule has 1 heterocycles. The summed E-state index contributed by atoms with van der Waals surface area (Å²) >= 11 is 6.52. The Bertz CT molecular complexity index is 1550. The second-order valence-corrected chi connectivity index (χ2v) is 9.33. The average Bonchev–Trinajstić information content (AvgIpc) is 2.93. The molecule has 0 radical (unpaired) electrons. The Morgan fingerprint density at radius 1 is 1.13 bits per heavy atom. The summed E-state index contributed by atoms with van der Waals surface area (Å²) in [6, 6.07) is 20.8. The zero-order valence-electron chi connectivity index (χ0n) is 21.9. The number of nitriles is 1. The molecular formula is C30H28ClN5O3. The molecule has 0 spiro atoms. The summed E-state index contributed by atoms with van der Waals surface area (Å²) in [5.41, 5.74) is 3.58. The van der Waals surface area contributed by atoms with Crippen LogP contribution in [-0.4, -0.2) is 43.5 Å². The third kappa shape index (κ3) is 7.05. The zero-order chi connectivity index (χ0) is 27.8. The molecule has 9 heteroatoms. The van der Waals surface area contributed by atoms with Gasteiger partial charge in [0, 0.05) is 36.0 Å². The summed E-state index contributed by atoms with van der Waals surface area (Å²) in [5.74, 6) is 0.692. The molecule has 0 atom stereocenters. The quantitative estimate of drug-likeness (QED) is 0.232. The highest BCUT2D eigenvalue weighted by atomic mass is 35.5. The maximum atomic E-state index is 12.5. The highest BCUT2D eigenvalue weighted by molar-refractivity contribution is 6.32. The first kappa shape index (κ1) is 27.5. The summed E-state index contributed by atoms with van der Waals surface area (Å²) in [4.78, 5) is 18.9. The predicted molar refractivity (Wildman–Crippen MR) is 155 cm³/mol. The van der Waals surface area contributed by atoms with E-state index in [4.69, 9.17) is 21.1 Å². The van der Waals surface area contributed by atoms with Crippen LogP contribution in [0.5, 0.6) is 11.5 Å². The highest BCUT2D eigenvalue weighted by Crippen LogP contribution is 2.37. The zero-order valence-corrected chi connectivity index (χ0v) is 22.6. The van der Waals surface area contributed by atoms with Crippen molar-refractivity contribution in [2.45, 2.75) is 6.61 Å². The summed E-state index contributed by atoms with van der Waals surface area (Å²) in [5, 5.41) is 17.0. The molecule has 39 heavy (non-hydrogen) atoms. The monoisotopic (exact) mass is 541 g/mol. The molecule has 0 bridgehead atoms. The van der Waals surface area contributed by atoms with Gasteiger partial charge in [-0.1, -0.05) is 48.0 Å². The number of pyridine rings is 1. The van der Waals surface area contributed by atoms with Crippen LogP contribution >= 0.6 is 11.6 Å². The first-order valence-corrected chi connectivity index (χ1v) is 12.5. The van der Waals surface area contributed by atoms with Gasteiger partial charge in [0.15, 0.2) is 0 Å². The fourth-order valence-electron chi connectivity index (χ4n) is 3.83. The number of carbonyl (C=O) groups excluding carboxylic acids is 1. The SMILES string of the molecule is COc1cc2ncc(C#N)c(Nc3ccc(OCc4ccccc4)c(Cl)c3)c2cc1NC(=O)/C=C/CN(C)C. The van der Waals surface area contributed by atoms with Crippen molar-refractivity contribution < 1.29 is 14.3 Å². The fourth-order valence-corrected chi connectivity index (χ4v) is 4.06. The molecule has 1 aromatic heterocycles. The molecule has 1 amide bonds. The molecule has 0 saturated carbocycles. The van der Waals surface area contributed by atoms with Crippen molar-refractivity contribution in [2.75, 3.05) is 38.4 Å². The second-order valence-electron chi connectivity index (χ2n) is 8.93. The van der Waals surface area contributed by atoms with Crippen LogP contribution in [-0.2, 0) is 11.4 Å². The number of methoxy groups -OCH3 is 1.